The molecule has 0 aliphatic heterocycles. The third-order valence-corrected chi connectivity index (χ3v) is 11.5. The molecule has 0 atom stereocenters. The predicted octanol–water partition coefficient (Wildman–Crippen LogP) is 13.5. The van der Waals surface area contributed by atoms with E-state index in [-0.39, 0.29) is 0 Å². The number of hydrogen-bond donors (Lipinski definition) is 0. The smallest absolute Gasteiger partial charge is 0.0970 e. The summed E-state index contributed by atoms with van der Waals surface area (Å²) in [7, 11) is 0. The lowest BCUT2D eigenvalue weighted by atomic mass is 9.81. The molecule has 0 bridgehead atoms. The SMILES string of the molecule is c1ccc(-c2cc3ccccc3c3cc4c(-c5cc6cccnc6c6ncccc56)c5ccccc5c(-c5cc6cccnc6c6ncccc56)c4cc23)cc1. The first-order valence-electron chi connectivity index (χ1n) is 19.0. The highest BCUT2D eigenvalue weighted by atomic mass is 14.7. The lowest BCUT2D eigenvalue weighted by molar-refractivity contribution is 1.37. The molecule has 4 heterocycles. The minimum atomic E-state index is 0.901. The van der Waals surface area contributed by atoms with Gasteiger partial charge in [0, 0.05) is 46.3 Å². The number of rotatable bonds is 3. The molecular formula is C52H30N4. The Morgan fingerprint density at radius 1 is 0.250 bits per heavy atom. The molecule has 258 valence electrons. The van der Waals surface area contributed by atoms with E-state index in [1.54, 1.807) is 0 Å². The first-order chi connectivity index (χ1) is 27.8. The van der Waals surface area contributed by atoms with Gasteiger partial charge in [-0.2, -0.15) is 0 Å². The maximum Gasteiger partial charge on any atom is 0.0970 e. The van der Waals surface area contributed by atoms with Gasteiger partial charge in [-0.3, -0.25) is 19.9 Å². The molecule has 12 rings (SSSR count). The minimum Gasteiger partial charge on any atom is -0.254 e. The Morgan fingerprint density at radius 3 is 1.27 bits per heavy atom. The van der Waals surface area contributed by atoms with Crippen molar-refractivity contribution >= 4 is 86.7 Å². The third kappa shape index (κ3) is 4.47. The van der Waals surface area contributed by atoms with Crippen LogP contribution in [0, 0.1) is 0 Å². The average molecular weight is 711 g/mol. The zero-order chi connectivity index (χ0) is 36.7. The number of hydrogen-bond acceptors (Lipinski definition) is 4. The Morgan fingerprint density at radius 2 is 0.679 bits per heavy atom. The third-order valence-electron chi connectivity index (χ3n) is 11.5. The van der Waals surface area contributed by atoms with Gasteiger partial charge in [-0.15, -0.1) is 0 Å². The highest BCUT2D eigenvalue weighted by Gasteiger charge is 2.23. The second-order valence-corrected chi connectivity index (χ2v) is 14.5. The van der Waals surface area contributed by atoms with Crippen LogP contribution in [0.25, 0.3) is 120 Å². The van der Waals surface area contributed by atoms with Crippen LogP contribution in [0.3, 0.4) is 0 Å². The van der Waals surface area contributed by atoms with Gasteiger partial charge in [0.15, 0.2) is 0 Å². The monoisotopic (exact) mass is 710 g/mol. The van der Waals surface area contributed by atoms with Gasteiger partial charge in [0.25, 0.3) is 0 Å². The molecule has 0 N–H and O–H groups in total. The van der Waals surface area contributed by atoms with Crippen molar-refractivity contribution in [3.8, 4) is 33.4 Å². The second kappa shape index (κ2) is 12.0. The van der Waals surface area contributed by atoms with Gasteiger partial charge in [-0.05, 0) is 131 Å². The second-order valence-electron chi connectivity index (χ2n) is 14.5. The quantitative estimate of drug-likeness (QED) is 0.135. The molecule has 0 unspecified atom stereocenters. The maximum absolute atomic E-state index is 4.95. The van der Waals surface area contributed by atoms with E-state index in [1.165, 1.54) is 65.3 Å². The van der Waals surface area contributed by atoms with Crippen molar-refractivity contribution in [1.82, 2.24) is 19.9 Å². The van der Waals surface area contributed by atoms with E-state index in [9.17, 15) is 0 Å². The van der Waals surface area contributed by atoms with Crippen molar-refractivity contribution < 1.29 is 0 Å². The molecule has 0 saturated carbocycles. The fourth-order valence-electron chi connectivity index (χ4n) is 9.17. The zero-order valence-electron chi connectivity index (χ0n) is 30.1. The number of nitrogens with zero attached hydrogens (tertiary/aromatic N) is 4. The molecule has 4 heteroatoms. The molecule has 0 fully saturated rings. The fourth-order valence-corrected chi connectivity index (χ4v) is 9.17. The van der Waals surface area contributed by atoms with E-state index in [4.69, 9.17) is 19.9 Å². The summed E-state index contributed by atoms with van der Waals surface area (Å²) in [6, 6.07) is 57.2. The lowest BCUT2D eigenvalue weighted by Crippen LogP contribution is -1.96. The fraction of sp³-hybridized carbons (Fsp3) is 0. The molecular weight excluding hydrogens is 681 g/mol. The Kier molecular flexibility index (Phi) is 6.60. The summed E-state index contributed by atoms with van der Waals surface area (Å²) in [5.74, 6) is 0. The summed E-state index contributed by atoms with van der Waals surface area (Å²) in [5.41, 5.74) is 10.7. The molecule has 56 heavy (non-hydrogen) atoms. The minimum absolute atomic E-state index is 0.901. The first kappa shape index (κ1) is 30.9. The van der Waals surface area contributed by atoms with Gasteiger partial charge in [-0.1, -0.05) is 103 Å². The largest absolute Gasteiger partial charge is 0.254 e. The van der Waals surface area contributed by atoms with Crippen LogP contribution in [0.4, 0.5) is 0 Å². The Labute approximate surface area is 321 Å². The van der Waals surface area contributed by atoms with Crippen LogP contribution in [0.1, 0.15) is 0 Å². The molecule has 0 aliphatic rings. The van der Waals surface area contributed by atoms with E-state index < -0.39 is 0 Å². The van der Waals surface area contributed by atoms with Crippen LogP contribution in [-0.4, -0.2) is 19.9 Å². The molecule has 0 radical (unpaired) electrons. The summed E-state index contributed by atoms with van der Waals surface area (Å²) in [6.45, 7) is 0. The van der Waals surface area contributed by atoms with Gasteiger partial charge < -0.3 is 0 Å². The van der Waals surface area contributed by atoms with Crippen LogP contribution in [-0.2, 0) is 0 Å². The molecule has 0 saturated heterocycles. The van der Waals surface area contributed by atoms with E-state index in [0.717, 1.165) is 54.7 Å². The maximum atomic E-state index is 4.95. The number of benzene rings is 8. The van der Waals surface area contributed by atoms with Crippen LogP contribution in [0.15, 0.2) is 183 Å². The Hall–Kier alpha value is -7.56. The van der Waals surface area contributed by atoms with E-state index in [2.05, 4.69) is 133 Å². The van der Waals surface area contributed by atoms with Gasteiger partial charge in [0.2, 0.25) is 0 Å². The molecule has 12 aromatic rings. The summed E-state index contributed by atoms with van der Waals surface area (Å²) in [4.78, 5) is 19.5. The topological polar surface area (TPSA) is 51.6 Å². The number of fused-ring (bicyclic) bond motifs is 11. The summed E-state index contributed by atoms with van der Waals surface area (Å²) >= 11 is 0. The average Bonchev–Trinajstić information content (AvgIpc) is 3.27. The highest BCUT2D eigenvalue weighted by molar-refractivity contribution is 6.30. The summed E-state index contributed by atoms with van der Waals surface area (Å²) in [6.07, 6.45) is 7.46. The van der Waals surface area contributed by atoms with Crippen LogP contribution in [0.2, 0.25) is 0 Å². The van der Waals surface area contributed by atoms with Crippen LogP contribution in [0.5, 0.6) is 0 Å². The van der Waals surface area contributed by atoms with E-state index in [1.807, 2.05) is 49.1 Å². The standard InChI is InChI=1S/C52H30N4/c1-2-12-31(13-3-1)40-26-32-14-4-5-17-35(32)41-29-45-46(30-42(40)41)48(44-28-34-16-9-23-54-50(34)52-39(44)21-11-25-56-52)37-19-7-6-18-36(37)47(45)43-27-33-15-8-22-53-49(33)51-38(43)20-10-24-55-51/h1-30H. The summed E-state index contributed by atoms with van der Waals surface area (Å²) < 4.78 is 0. The molecule has 0 aliphatic carbocycles. The first-order valence-corrected chi connectivity index (χ1v) is 19.0. The van der Waals surface area contributed by atoms with Gasteiger partial charge in [-0.25, -0.2) is 0 Å². The van der Waals surface area contributed by atoms with Crippen LogP contribution < -0.4 is 0 Å². The van der Waals surface area contributed by atoms with Crippen molar-refractivity contribution in [2.45, 2.75) is 0 Å². The molecule has 0 amide bonds. The number of pyridine rings is 4. The van der Waals surface area contributed by atoms with Gasteiger partial charge >= 0.3 is 0 Å². The Balaban J connectivity index is 1.35. The van der Waals surface area contributed by atoms with Gasteiger partial charge in [0.1, 0.15) is 0 Å². The highest BCUT2D eigenvalue weighted by Crippen LogP contribution is 2.50. The van der Waals surface area contributed by atoms with Crippen molar-refractivity contribution in [1.29, 1.82) is 0 Å². The predicted molar refractivity (Wildman–Crippen MR) is 234 cm³/mol. The Bertz CT molecular complexity index is 3590. The zero-order valence-corrected chi connectivity index (χ0v) is 30.1. The van der Waals surface area contributed by atoms with Crippen molar-refractivity contribution in [2.75, 3.05) is 0 Å². The van der Waals surface area contributed by atoms with Crippen LogP contribution >= 0.6 is 0 Å². The van der Waals surface area contributed by atoms with E-state index >= 15 is 0 Å². The molecule has 0 spiro atoms. The molecule has 8 aromatic carbocycles. The van der Waals surface area contributed by atoms with Crippen molar-refractivity contribution in [3.05, 3.63) is 183 Å². The van der Waals surface area contributed by atoms with Gasteiger partial charge in [0.05, 0.1) is 22.1 Å². The molecule has 4 aromatic heterocycles. The molecule has 4 nitrogen and oxygen atoms in total. The lowest BCUT2D eigenvalue weighted by Gasteiger charge is -2.22. The normalized spacial score (nSPS) is 11.9. The number of aromatic nitrogens is 4. The summed E-state index contributed by atoms with van der Waals surface area (Å²) in [5, 5.41) is 13.9. The van der Waals surface area contributed by atoms with Crippen molar-refractivity contribution in [3.63, 3.8) is 0 Å². The van der Waals surface area contributed by atoms with E-state index in [0.29, 0.717) is 0 Å². The van der Waals surface area contributed by atoms with Crippen molar-refractivity contribution in [2.24, 2.45) is 0 Å².